The number of nitrogens with zero attached hydrogens (tertiary/aromatic N) is 1. The van der Waals surface area contributed by atoms with Gasteiger partial charge in [-0.2, -0.15) is 0 Å². The van der Waals surface area contributed by atoms with Gasteiger partial charge < -0.3 is 10.4 Å². The zero-order chi connectivity index (χ0) is 22.8. The molecule has 0 aromatic heterocycles. The number of aliphatic hydroxyl groups is 1. The van der Waals surface area contributed by atoms with Gasteiger partial charge in [0.05, 0.1) is 5.60 Å². The van der Waals surface area contributed by atoms with Crippen LogP contribution in [0.1, 0.15) is 47.9 Å². The number of urea groups is 1. The van der Waals surface area contributed by atoms with Crippen molar-refractivity contribution in [3.63, 3.8) is 0 Å². The van der Waals surface area contributed by atoms with Crippen LogP contribution in [-0.4, -0.2) is 52.2 Å². The molecule has 172 valence electrons. The summed E-state index contributed by atoms with van der Waals surface area (Å²) in [7, 11) is 0. The zero-order valence-corrected chi connectivity index (χ0v) is 19.1. The van der Waals surface area contributed by atoms with Gasteiger partial charge in [0.2, 0.25) is 0 Å². The number of amides is 3. The molecule has 3 amide bonds. The number of benzene rings is 2. The summed E-state index contributed by atoms with van der Waals surface area (Å²) in [6, 6.07) is 16.7. The van der Waals surface area contributed by atoms with Crippen LogP contribution in [-0.2, 0) is 23.1 Å². The van der Waals surface area contributed by atoms with Crippen LogP contribution in [0, 0.1) is 6.92 Å². The van der Waals surface area contributed by atoms with E-state index in [1.165, 1.54) is 16.7 Å². The molecule has 2 aliphatic heterocycles. The molecule has 2 bridgehead atoms. The normalized spacial score (nSPS) is 35.0. The first-order chi connectivity index (χ1) is 15.9. The number of imide groups is 1. The zero-order valence-electron chi connectivity index (χ0n) is 19.1. The van der Waals surface area contributed by atoms with Crippen LogP contribution in [0.4, 0.5) is 4.79 Å². The van der Waals surface area contributed by atoms with Gasteiger partial charge in [0.15, 0.2) is 0 Å². The highest BCUT2D eigenvalue weighted by Gasteiger charge is 2.69. The van der Waals surface area contributed by atoms with Gasteiger partial charge in [0, 0.05) is 18.0 Å². The van der Waals surface area contributed by atoms with E-state index in [2.05, 4.69) is 64.9 Å². The van der Waals surface area contributed by atoms with Gasteiger partial charge in [-0.25, -0.2) is 4.79 Å². The number of piperidine rings is 1. The van der Waals surface area contributed by atoms with Gasteiger partial charge in [-0.05, 0) is 68.7 Å². The van der Waals surface area contributed by atoms with E-state index in [-0.39, 0.29) is 11.9 Å². The van der Waals surface area contributed by atoms with Crippen molar-refractivity contribution in [2.24, 2.45) is 0 Å². The third-order valence-electron chi connectivity index (χ3n) is 8.92. The maximum absolute atomic E-state index is 12.9. The van der Waals surface area contributed by atoms with Crippen LogP contribution in [0.3, 0.4) is 0 Å². The summed E-state index contributed by atoms with van der Waals surface area (Å²) >= 11 is 0. The van der Waals surface area contributed by atoms with Crippen LogP contribution < -0.4 is 10.6 Å². The molecule has 3 N–H and O–H groups in total. The minimum atomic E-state index is -0.932. The van der Waals surface area contributed by atoms with Gasteiger partial charge in [-0.3, -0.25) is 15.0 Å². The highest BCUT2D eigenvalue weighted by atomic mass is 16.3. The first-order valence-corrected chi connectivity index (χ1v) is 12.1. The molecule has 4 atom stereocenters. The third-order valence-corrected chi connectivity index (χ3v) is 8.92. The summed E-state index contributed by atoms with van der Waals surface area (Å²) in [6.07, 6.45) is 3.95. The fourth-order valence-corrected chi connectivity index (χ4v) is 7.28. The molecular formula is C27H31N3O3. The van der Waals surface area contributed by atoms with Crippen LogP contribution >= 0.6 is 0 Å². The van der Waals surface area contributed by atoms with Crippen LogP contribution in [0.2, 0.25) is 0 Å². The molecule has 2 aliphatic carbocycles. The Kier molecular flexibility index (Phi) is 4.52. The Morgan fingerprint density at radius 2 is 1.91 bits per heavy atom. The Morgan fingerprint density at radius 1 is 1.09 bits per heavy atom. The summed E-state index contributed by atoms with van der Waals surface area (Å²) < 4.78 is 0. The number of fused-ring (bicyclic) bond motifs is 1. The van der Waals surface area contributed by atoms with Crippen molar-refractivity contribution in [3.05, 3.63) is 70.8 Å². The van der Waals surface area contributed by atoms with Crippen LogP contribution in [0.5, 0.6) is 0 Å². The largest absolute Gasteiger partial charge is 0.387 e. The highest BCUT2D eigenvalue weighted by molar-refractivity contribution is 6.07. The van der Waals surface area contributed by atoms with Gasteiger partial charge in [0.1, 0.15) is 5.54 Å². The van der Waals surface area contributed by atoms with Crippen molar-refractivity contribution in [2.45, 2.75) is 68.0 Å². The number of aryl methyl sites for hydroxylation is 1. The van der Waals surface area contributed by atoms with E-state index in [0.717, 1.165) is 37.9 Å². The number of hydrogen-bond acceptors (Lipinski definition) is 4. The third kappa shape index (κ3) is 2.93. The molecule has 0 unspecified atom stereocenters. The maximum Gasteiger partial charge on any atom is 0.322 e. The molecule has 33 heavy (non-hydrogen) atoms. The fourth-order valence-electron chi connectivity index (χ4n) is 7.28. The number of carbonyl (C=O) groups excluding carboxylic acids is 2. The monoisotopic (exact) mass is 445 g/mol. The number of hydrogen-bond donors (Lipinski definition) is 3. The Hall–Kier alpha value is -2.70. The topological polar surface area (TPSA) is 81.7 Å². The second-order valence-electron chi connectivity index (χ2n) is 10.6. The van der Waals surface area contributed by atoms with E-state index >= 15 is 0 Å². The molecule has 6 rings (SSSR count). The fraction of sp³-hybridized carbons (Fsp3) is 0.481. The summed E-state index contributed by atoms with van der Waals surface area (Å²) in [5.41, 5.74) is 2.50. The smallest absolute Gasteiger partial charge is 0.322 e. The minimum Gasteiger partial charge on any atom is -0.387 e. The summed E-state index contributed by atoms with van der Waals surface area (Å²) in [4.78, 5) is 27.5. The molecule has 6 nitrogen and oxygen atoms in total. The quantitative estimate of drug-likeness (QED) is 0.635. The predicted molar refractivity (Wildman–Crippen MR) is 125 cm³/mol. The Labute approximate surface area is 194 Å². The average Bonchev–Trinajstić information content (AvgIpc) is 3.07. The van der Waals surface area contributed by atoms with Crippen molar-refractivity contribution >= 4 is 11.9 Å². The van der Waals surface area contributed by atoms with Gasteiger partial charge in [-0.15, -0.1) is 0 Å². The molecular weight excluding hydrogens is 414 g/mol. The average molecular weight is 446 g/mol. The van der Waals surface area contributed by atoms with E-state index in [1.807, 2.05) is 6.07 Å². The number of likely N-dealkylation sites (tertiary alicyclic amines) is 1. The molecule has 3 fully saturated rings. The predicted octanol–water partition coefficient (Wildman–Crippen LogP) is 2.60. The van der Waals surface area contributed by atoms with Crippen molar-refractivity contribution < 1.29 is 14.7 Å². The minimum absolute atomic E-state index is 0.00249. The molecule has 2 saturated heterocycles. The summed E-state index contributed by atoms with van der Waals surface area (Å²) in [5, 5.41) is 17.9. The molecule has 1 saturated carbocycles. The lowest BCUT2D eigenvalue weighted by molar-refractivity contribution is -0.179. The summed E-state index contributed by atoms with van der Waals surface area (Å²) in [5.74, 6) is -0.244. The SMILES string of the molecule is Cc1ccc2c(c1)[C@]13CCN(CCc4ccccc4)[C@H](C2)[C@]1(O)CC[C@@]1(C3)NC(=O)NC1=O. The van der Waals surface area contributed by atoms with Gasteiger partial charge in [0.25, 0.3) is 5.91 Å². The molecule has 2 aromatic rings. The van der Waals surface area contributed by atoms with Crippen molar-refractivity contribution in [2.75, 3.05) is 13.1 Å². The number of rotatable bonds is 3. The van der Waals surface area contributed by atoms with Gasteiger partial charge in [-0.1, -0.05) is 54.1 Å². The van der Waals surface area contributed by atoms with E-state index in [0.29, 0.717) is 19.3 Å². The van der Waals surface area contributed by atoms with Crippen LogP contribution in [0.25, 0.3) is 0 Å². The van der Waals surface area contributed by atoms with E-state index in [1.54, 1.807) is 0 Å². The summed E-state index contributed by atoms with van der Waals surface area (Å²) in [6.45, 7) is 3.86. The van der Waals surface area contributed by atoms with Crippen molar-refractivity contribution in [1.29, 1.82) is 0 Å². The Bertz CT molecular complexity index is 1130. The second kappa shape index (κ2) is 7.15. The first-order valence-electron chi connectivity index (χ1n) is 12.1. The molecule has 6 heteroatoms. The lowest BCUT2D eigenvalue weighted by atomic mass is 9.46. The van der Waals surface area contributed by atoms with E-state index in [9.17, 15) is 14.7 Å². The molecule has 0 radical (unpaired) electrons. The first kappa shape index (κ1) is 20.9. The highest BCUT2D eigenvalue weighted by Crippen LogP contribution is 2.60. The molecule has 2 heterocycles. The lowest BCUT2D eigenvalue weighted by Gasteiger charge is -2.65. The Balaban J connectivity index is 1.40. The van der Waals surface area contributed by atoms with E-state index in [4.69, 9.17) is 0 Å². The van der Waals surface area contributed by atoms with E-state index < -0.39 is 22.6 Å². The molecule has 4 aliphatic rings. The van der Waals surface area contributed by atoms with Gasteiger partial charge >= 0.3 is 6.03 Å². The number of carbonyl (C=O) groups is 2. The maximum atomic E-state index is 12.9. The molecule has 2 aromatic carbocycles. The Morgan fingerprint density at radius 3 is 2.67 bits per heavy atom. The lowest BCUT2D eigenvalue weighted by Crippen LogP contribution is -2.76. The van der Waals surface area contributed by atoms with Crippen LogP contribution in [0.15, 0.2) is 48.5 Å². The second-order valence-corrected chi connectivity index (χ2v) is 10.6. The standard InChI is InChI=1S/C27H31N3O3/c1-18-7-8-20-16-22-27(33)11-10-26(23(31)28-24(32)29-26)17-25(27,21(20)15-18)12-14-30(22)13-9-19-5-3-2-4-6-19/h2-8,15,22,33H,9-14,16-17H2,1H3,(H2,28,29,31,32)/t22-,25-,26+,27-/m1/s1. The van der Waals surface area contributed by atoms with Crippen molar-refractivity contribution in [3.8, 4) is 0 Å². The molecule has 1 spiro atoms. The van der Waals surface area contributed by atoms with Crippen molar-refractivity contribution in [1.82, 2.24) is 15.5 Å². The number of nitrogens with one attached hydrogen (secondary N) is 2.